The van der Waals surface area contributed by atoms with Crippen molar-refractivity contribution in [3.8, 4) is 0 Å². The van der Waals surface area contributed by atoms with Crippen molar-refractivity contribution in [2.75, 3.05) is 11.9 Å². The van der Waals surface area contributed by atoms with Gasteiger partial charge in [-0.2, -0.15) is 0 Å². The third-order valence-corrected chi connectivity index (χ3v) is 2.12. The molecule has 0 aromatic carbocycles. The van der Waals surface area contributed by atoms with Crippen LogP contribution in [0.15, 0.2) is 23.1 Å². The molecule has 0 amide bonds. The number of rotatable bonds is 4. The van der Waals surface area contributed by atoms with Gasteiger partial charge in [-0.15, -0.1) is 0 Å². The van der Waals surface area contributed by atoms with Crippen molar-refractivity contribution in [3.63, 3.8) is 0 Å². The maximum atomic E-state index is 12.6. The summed E-state index contributed by atoms with van der Waals surface area (Å²) in [5.41, 5.74) is -0.0699. The van der Waals surface area contributed by atoms with Crippen molar-refractivity contribution < 1.29 is 8.78 Å². The molecule has 1 heterocycles. The topological polar surface area (TPSA) is 34.0 Å². The van der Waals surface area contributed by atoms with Crippen molar-refractivity contribution in [1.29, 1.82) is 0 Å². The third kappa shape index (κ3) is 3.32. The molecule has 0 saturated heterocycles. The summed E-state index contributed by atoms with van der Waals surface area (Å²) in [6.07, 6.45) is 1.64. The van der Waals surface area contributed by atoms with Crippen molar-refractivity contribution >= 4 is 5.69 Å². The van der Waals surface area contributed by atoms with Crippen molar-refractivity contribution in [1.82, 2.24) is 4.57 Å². The van der Waals surface area contributed by atoms with Crippen LogP contribution in [0, 0.1) is 0 Å². The minimum Gasteiger partial charge on any atom is -0.375 e. The summed E-state index contributed by atoms with van der Waals surface area (Å²) in [5, 5.41) is 2.46. The summed E-state index contributed by atoms with van der Waals surface area (Å²) >= 11 is 0. The highest BCUT2D eigenvalue weighted by Gasteiger charge is 2.21. The van der Waals surface area contributed by atoms with Crippen LogP contribution >= 0.6 is 0 Å². The van der Waals surface area contributed by atoms with Gasteiger partial charge in [0.15, 0.2) is 0 Å². The number of hydrogen-bond donors (Lipinski definition) is 1. The van der Waals surface area contributed by atoms with E-state index in [1.54, 1.807) is 12.3 Å². The van der Waals surface area contributed by atoms with E-state index in [2.05, 4.69) is 5.32 Å². The molecule has 0 atom stereocenters. The molecule has 1 aromatic rings. The standard InChI is InChI=1S/C11H16F2N2O/c1-8(2)15-6-4-5-9(10(15)16)14-7-11(3,12)13/h4-6,8,14H,7H2,1-3H3. The second-order valence-electron chi connectivity index (χ2n) is 4.15. The van der Waals surface area contributed by atoms with E-state index in [1.165, 1.54) is 10.6 Å². The quantitative estimate of drug-likeness (QED) is 0.862. The number of alkyl halides is 2. The number of nitrogens with one attached hydrogen (secondary N) is 1. The lowest BCUT2D eigenvalue weighted by molar-refractivity contribution is 0.0367. The van der Waals surface area contributed by atoms with Crippen LogP contribution < -0.4 is 10.9 Å². The Morgan fingerprint density at radius 2 is 2.12 bits per heavy atom. The van der Waals surface area contributed by atoms with Gasteiger partial charge in [0.1, 0.15) is 5.69 Å². The highest BCUT2D eigenvalue weighted by atomic mass is 19.3. The maximum absolute atomic E-state index is 12.6. The maximum Gasteiger partial charge on any atom is 0.274 e. The average molecular weight is 230 g/mol. The first-order valence-corrected chi connectivity index (χ1v) is 5.14. The molecule has 1 aromatic heterocycles. The summed E-state index contributed by atoms with van der Waals surface area (Å²) in [6.45, 7) is 3.99. The Morgan fingerprint density at radius 3 is 2.62 bits per heavy atom. The predicted octanol–water partition coefficient (Wildman–Crippen LogP) is 2.50. The van der Waals surface area contributed by atoms with E-state index in [0.29, 0.717) is 0 Å². The van der Waals surface area contributed by atoms with Gasteiger partial charge in [-0.3, -0.25) is 4.79 Å². The number of anilines is 1. The number of hydrogen-bond acceptors (Lipinski definition) is 2. The zero-order valence-electron chi connectivity index (χ0n) is 9.63. The Bertz CT molecular complexity index is 407. The van der Waals surface area contributed by atoms with E-state index >= 15 is 0 Å². The van der Waals surface area contributed by atoms with E-state index in [0.717, 1.165) is 6.92 Å². The number of pyridine rings is 1. The van der Waals surface area contributed by atoms with Gasteiger partial charge in [0, 0.05) is 19.2 Å². The van der Waals surface area contributed by atoms with Gasteiger partial charge in [0.25, 0.3) is 11.5 Å². The molecule has 0 saturated carbocycles. The van der Waals surface area contributed by atoms with E-state index in [9.17, 15) is 13.6 Å². The molecule has 0 bridgehead atoms. The van der Waals surface area contributed by atoms with Gasteiger partial charge in [0.05, 0.1) is 6.54 Å². The number of nitrogens with zero attached hydrogens (tertiary/aromatic N) is 1. The van der Waals surface area contributed by atoms with Crippen molar-refractivity contribution in [3.05, 3.63) is 28.7 Å². The molecular weight excluding hydrogens is 214 g/mol. The molecular formula is C11H16F2N2O. The van der Waals surface area contributed by atoms with Crippen LogP contribution in [0.2, 0.25) is 0 Å². The van der Waals surface area contributed by atoms with Gasteiger partial charge in [-0.25, -0.2) is 8.78 Å². The largest absolute Gasteiger partial charge is 0.375 e. The summed E-state index contributed by atoms with van der Waals surface area (Å²) in [5.74, 6) is -2.83. The van der Waals surface area contributed by atoms with Gasteiger partial charge in [-0.1, -0.05) is 0 Å². The van der Waals surface area contributed by atoms with Gasteiger partial charge in [-0.05, 0) is 26.0 Å². The number of aromatic nitrogens is 1. The molecule has 0 aliphatic heterocycles. The Labute approximate surface area is 93.1 Å². The number of halogens is 2. The van der Waals surface area contributed by atoms with Crippen LogP contribution in [0.4, 0.5) is 14.5 Å². The molecule has 1 N–H and O–H groups in total. The van der Waals surface area contributed by atoms with E-state index in [4.69, 9.17) is 0 Å². The predicted molar refractivity (Wildman–Crippen MR) is 60.2 cm³/mol. The van der Waals surface area contributed by atoms with Crippen LogP contribution in [0.1, 0.15) is 26.8 Å². The minimum absolute atomic E-state index is 0.0105. The molecule has 0 unspecified atom stereocenters. The molecule has 5 heteroatoms. The van der Waals surface area contributed by atoms with Crippen LogP contribution in [0.5, 0.6) is 0 Å². The van der Waals surface area contributed by atoms with Crippen LogP contribution in [-0.4, -0.2) is 17.0 Å². The second-order valence-corrected chi connectivity index (χ2v) is 4.15. The summed E-state index contributed by atoms with van der Waals surface area (Å²) in [7, 11) is 0. The first-order valence-electron chi connectivity index (χ1n) is 5.14. The Kier molecular flexibility index (Phi) is 3.67. The lowest BCUT2D eigenvalue weighted by Gasteiger charge is -2.14. The third-order valence-electron chi connectivity index (χ3n) is 2.12. The Balaban J connectivity index is 2.90. The summed E-state index contributed by atoms with van der Waals surface area (Å²) in [6, 6.07) is 3.18. The average Bonchev–Trinajstić information content (AvgIpc) is 2.14. The molecule has 0 fully saturated rings. The van der Waals surface area contributed by atoms with E-state index in [1.807, 2.05) is 13.8 Å². The molecule has 0 aliphatic rings. The van der Waals surface area contributed by atoms with Gasteiger partial charge >= 0.3 is 0 Å². The normalized spacial score (nSPS) is 11.9. The summed E-state index contributed by atoms with van der Waals surface area (Å²) < 4.78 is 26.8. The van der Waals surface area contributed by atoms with Crippen LogP contribution in [0.25, 0.3) is 0 Å². The molecule has 0 radical (unpaired) electrons. The second kappa shape index (κ2) is 4.63. The van der Waals surface area contributed by atoms with Crippen molar-refractivity contribution in [2.24, 2.45) is 0 Å². The van der Waals surface area contributed by atoms with Gasteiger partial charge < -0.3 is 9.88 Å². The van der Waals surface area contributed by atoms with E-state index < -0.39 is 12.5 Å². The zero-order chi connectivity index (χ0) is 12.3. The molecule has 3 nitrogen and oxygen atoms in total. The van der Waals surface area contributed by atoms with Gasteiger partial charge in [0.2, 0.25) is 0 Å². The molecule has 90 valence electrons. The molecule has 0 aliphatic carbocycles. The fraction of sp³-hybridized carbons (Fsp3) is 0.545. The lowest BCUT2D eigenvalue weighted by atomic mass is 10.3. The van der Waals surface area contributed by atoms with E-state index in [-0.39, 0.29) is 17.3 Å². The van der Waals surface area contributed by atoms with Crippen LogP contribution in [-0.2, 0) is 0 Å². The monoisotopic (exact) mass is 230 g/mol. The SMILES string of the molecule is CC(C)n1cccc(NCC(C)(F)F)c1=O. The fourth-order valence-electron chi connectivity index (χ4n) is 1.30. The van der Waals surface area contributed by atoms with Crippen molar-refractivity contribution in [2.45, 2.75) is 32.7 Å². The Hall–Kier alpha value is -1.39. The first kappa shape index (κ1) is 12.7. The molecule has 1 rings (SSSR count). The Morgan fingerprint density at radius 1 is 1.50 bits per heavy atom. The smallest absolute Gasteiger partial charge is 0.274 e. The molecule has 0 spiro atoms. The minimum atomic E-state index is -2.83. The highest BCUT2D eigenvalue weighted by molar-refractivity contribution is 5.40. The zero-order valence-corrected chi connectivity index (χ0v) is 9.63. The fourth-order valence-corrected chi connectivity index (χ4v) is 1.30. The van der Waals surface area contributed by atoms with Crippen LogP contribution in [0.3, 0.4) is 0 Å². The molecule has 16 heavy (non-hydrogen) atoms. The first-order chi connectivity index (χ1) is 7.31. The lowest BCUT2D eigenvalue weighted by Crippen LogP contribution is -2.29. The highest BCUT2D eigenvalue weighted by Crippen LogP contribution is 2.12. The summed E-state index contributed by atoms with van der Waals surface area (Å²) in [4.78, 5) is 11.8.